The minimum atomic E-state index is -3.84. The summed E-state index contributed by atoms with van der Waals surface area (Å²) in [5.74, 6) is 0.580. The predicted molar refractivity (Wildman–Crippen MR) is 117 cm³/mol. The largest absolute Gasteiger partial charge is 0.496 e. The molecule has 0 saturated heterocycles. The van der Waals surface area contributed by atoms with Gasteiger partial charge in [-0.2, -0.15) is 0 Å². The molecule has 0 atom stereocenters. The predicted octanol–water partition coefficient (Wildman–Crippen LogP) is 4.26. The highest BCUT2D eigenvalue weighted by atomic mass is 35.5. The van der Waals surface area contributed by atoms with Crippen LogP contribution >= 0.6 is 11.6 Å². The highest BCUT2D eigenvalue weighted by Crippen LogP contribution is 2.24. The summed E-state index contributed by atoms with van der Waals surface area (Å²) in [4.78, 5) is 0.0580. The SMILES string of the molecule is COc1ccc(S(=O)(=O)Nc2ccc(S(=O)(=O)Nc3ccc(Cl)cc3)cc2)cc1C. The first-order valence-corrected chi connectivity index (χ1v) is 12.0. The summed E-state index contributed by atoms with van der Waals surface area (Å²) in [5, 5.41) is 0.488. The standard InChI is InChI=1S/C20H19ClN2O5S2/c1-14-13-19(11-12-20(14)28-2)30(26,27)23-17-7-9-18(10-8-17)29(24,25)22-16-5-3-15(21)4-6-16/h3-13,22-23H,1-2H3. The maximum Gasteiger partial charge on any atom is 0.261 e. The van der Waals surface area contributed by atoms with Crippen LogP contribution in [0.25, 0.3) is 0 Å². The molecule has 7 nitrogen and oxygen atoms in total. The Balaban J connectivity index is 1.78. The van der Waals surface area contributed by atoms with Gasteiger partial charge in [-0.3, -0.25) is 9.44 Å². The van der Waals surface area contributed by atoms with E-state index in [0.29, 0.717) is 22.0 Å². The zero-order valence-corrected chi connectivity index (χ0v) is 18.5. The first-order valence-electron chi connectivity index (χ1n) is 8.67. The maximum absolute atomic E-state index is 12.6. The molecular weight excluding hydrogens is 448 g/mol. The number of methoxy groups -OCH3 is 1. The summed E-state index contributed by atoms with van der Waals surface area (Å²) in [7, 11) is -6.18. The van der Waals surface area contributed by atoms with E-state index in [1.165, 1.54) is 43.5 Å². The summed E-state index contributed by atoms with van der Waals surface area (Å²) in [6, 6.07) is 16.1. The molecule has 0 saturated carbocycles. The van der Waals surface area contributed by atoms with E-state index in [4.69, 9.17) is 16.3 Å². The summed E-state index contributed by atoms with van der Waals surface area (Å²) in [5.41, 5.74) is 1.27. The second kappa shape index (κ2) is 8.55. The van der Waals surface area contributed by atoms with Crippen LogP contribution in [-0.2, 0) is 20.0 Å². The van der Waals surface area contributed by atoms with Gasteiger partial charge in [0.1, 0.15) is 5.75 Å². The molecule has 30 heavy (non-hydrogen) atoms. The van der Waals surface area contributed by atoms with E-state index in [1.807, 2.05) is 0 Å². The zero-order valence-electron chi connectivity index (χ0n) is 16.1. The summed E-state index contributed by atoms with van der Waals surface area (Å²) >= 11 is 5.80. The first-order chi connectivity index (χ1) is 14.1. The van der Waals surface area contributed by atoms with E-state index in [9.17, 15) is 16.8 Å². The second-order valence-corrected chi connectivity index (χ2v) is 10.2. The Bertz CT molecular complexity index is 1260. The number of hydrogen-bond acceptors (Lipinski definition) is 5. The fourth-order valence-corrected chi connectivity index (χ4v) is 4.99. The van der Waals surface area contributed by atoms with Crippen molar-refractivity contribution >= 4 is 43.0 Å². The summed E-state index contributed by atoms with van der Waals surface area (Å²) < 4.78 is 60.2. The lowest BCUT2D eigenvalue weighted by atomic mass is 10.2. The Morgan fingerprint density at radius 1 is 0.733 bits per heavy atom. The number of sulfonamides is 2. The van der Waals surface area contributed by atoms with Crippen LogP contribution in [0.5, 0.6) is 5.75 Å². The smallest absolute Gasteiger partial charge is 0.261 e. The van der Waals surface area contributed by atoms with Gasteiger partial charge >= 0.3 is 0 Å². The van der Waals surface area contributed by atoms with Gasteiger partial charge in [0.25, 0.3) is 20.0 Å². The number of anilines is 2. The maximum atomic E-state index is 12.6. The van der Waals surface area contributed by atoms with Crippen LogP contribution in [0.15, 0.2) is 76.5 Å². The van der Waals surface area contributed by atoms with E-state index in [-0.39, 0.29) is 15.5 Å². The number of aryl methyl sites for hydroxylation is 1. The number of ether oxygens (including phenoxy) is 1. The van der Waals surface area contributed by atoms with Crippen LogP contribution in [-0.4, -0.2) is 23.9 Å². The highest BCUT2D eigenvalue weighted by molar-refractivity contribution is 7.93. The molecule has 0 bridgehead atoms. The van der Waals surface area contributed by atoms with Gasteiger partial charge in [0.05, 0.1) is 16.9 Å². The molecule has 3 aromatic carbocycles. The quantitative estimate of drug-likeness (QED) is 0.541. The van der Waals surface area contributed by atoms with Crippen LogP contribution in [0, 0.1) is 6.92 Å². The van der Waals surface area contributed by atoms with Crippen LogP contribution in [0.2, 0.25) is 5.02 Å². The molecule has 0 unspecified atom stereocenters. The topological polar surface area (TPSA) is 102 Å². The van der Waals surface area contributed by atoms with Crippen LogP contribution < -0.4 is 14.2 Å². The van der Waals surface area contributed by atoms with Gasteiger partial charge in [-0.25, -0.2) is 16.8 Å². The lowest BCUT2D eigenvalue weighted by Crippen LogP contribution is -2.14. The Morgan fingerprint density at radius 3 is 1.70 bits per heavy atom. The Hall–Kier alpha value is -2.75. The molecule has 0 radical (unpaired) electrons. The summed E-state index contributed by atoms with van der Waals surface area (Å²) in [6.45, 7) is 1.74. The number of benzene rings is 3. The molecular formula is C20H19ClN2O5S2. The van der Waals surface area contributed by atoms with Crippen molar-refractivity contribution in [3.63, 3.8) is 0 Å². The molecule has 0 spiro atoms. The van der Waals surface area contributed by atoms with E-state index in [0.717, 1.165) is 0 Å². The molecule has 0 amide bonds. The molecule has 3 aromatic rings. The average molecular weight is 467 g/mol. The van der Waals surface area contributed by atoms with Crippen molar-refractivity contribution in [1.29, 1.82) is 0 Å². The second-order valence-electron chi connectivity index (χ2n) is 6.37. The number of hydrogen-bond donors (Lipinski definition) is 2. The Kier molecular flexibility index (Phi) is 6.25. The lowest BCUT2D eigenvalue weighted by molar-refractivity contribution is 0.411. The van der Waals surface area contributed by atoms with E-state index >= 15 is 0 Å². The number of rotatable bonds is 7. The van der Waals surface area contributed by atoms with Gasteiger partial charge in [0, 0.05) is 16.4 Å². The molecule has 0 aliphatic rings. The van der Waals surface area contributed by atoms with E-state index in [1.54, 1.807) is 37.3 Å². The lowest BCUT2D eigenvalue weighted by Gasteiger charge is -2.12. The van der Waals surface area contributed by atoms with Gasteiger partial charge in [-0.05, 0) is 79.2 Å². The molecule has 3 rings (SSSR count). The van der Waals surface area contributed by atoms with E-state index < -0.39 is 20.0 Å². The van der Waals surface area contributed by atoms with Gasteiger partial charge in [-0.15, -0.1) is 0 Å². The molecule has 0 aliphatic heterocycles. The van der Waals surface area contributed by atoms with Crippen molar-refractivity contribution < 1.29 is 21.6 Å². The van der Waals surface area contributed by atoms with Crippen molar-refractivity contribution in [3.05, 3.63) is 77.3 Å². The van der Waals surface area contributed by atoms with E-state index in [2.05, 4.69) is 9.44 Å². The molecule has 0 aliphatic carbocycles. The molecule has 2 N–H and O–H groups in total. The first kappa shape index (κ1) is 21.9. The molecule has 158 valence electrons. The number of halogens is 1. The van der Waals surface area contributed by atoms with Crippen molar-refractivity contribution in [3.8, 4) is 5.75 Å². The van der Waals surface area contributed by atoms with Gasteiger partial charge in [0.15, 0.2) is 0 Å². The van der Waals surface area contributed by atoms with Gasteiger partial charge in [0.2, 0.25) is 0 Å². The summed E-state index contributed by atoms with van der Waals surface area (Å²) in [6.07, 6.45) is 0. The van der Waals surface area contributed by atoms with Crippen molar-refractivity contribution in [2.45, 2.75) is 16.7 Å². The molecule has 10 heteroatoms. The van der Waals surface area contributed by atoms with Gasteiger partial charge < -0.3 is 4.74 Å². The fraction of sp³-hybridized carbons (Fsp3) is 0.100. The van der Waals surface area contributed by atoms with Crippen LogP contribution in [0.1, 0.15) is 5.56 Å². The third-order valence-electron chi connectivity index (χ3n) is 4.19. The monoisotopic (exact) mass is 466 g/mol. The normalized spacial score (nSPS) is 11.7. The Morgan fingerprint density at radius 2 is 1.20 bits per heavy atom. The molecule has 0 heterocycles. The molecule has 0 fully saturated rings. The highest BCUT2D eigenvalue weighted by Gasteiger charge is 2.18. The minimum Gasteiger partial charge on any atom is -0.496 e. The third kappa shape index (κ3) is 5.05. The van der Waals surface area contributed by atoms with Crippen molar-refractivity contribution in [2.75, 3.05) is 16.6 Å². The minimum absolute atomic E-state index is 0.0133. The van der Waals surface area contributed by atoms with Crippen molar-refractivity contribution in [2.24, 2.45) is 0 Å². The number of nitrogens with one attached hydrogen (secondary N) is 2. The van der Waals surface area contributed by atoms with Crippen molar-refractivity contribution in [1.82, 2.24) is 0 Å². The third-order valence-corrected chi connectivity index (χ3v) is 7.22. The molecule has 0 aromatic heterocycles. The van der Waals surface area contributed by atoms with Crippen LogP contribution in [0.4, 0.5) is 11.4 Å². The Labute approximate surface area is 180 Å². The zero-order chi connectivity index (χ0) is 21.9. The van der Waals surface area contributed by atoms with Gasteiger partial charge in [-0.1, -0.05) is 11.6 Å². The fourth-order valence-electron chi connectivity index (χ4n) is 2.67. The average Bonchev–Trinajstić information content (AvgIpc) is 2.69. The van der Waals surface area contributed by atoms with Crippen LogP contribution in [0.3, 0.4) is 0 Å².